The second-order valence-electron chi connectivity index (χ2n) is 4.73. The van der Waals surface area contributed by atoms with Crippen LogP contribution < -0.4 is 5.73 Å². The highest BCUT2D eigenvalue weighted by atomic mass is 15.3. The van der Waals surface area contributed by atoms with Crippen molar-refractivity contribution in [2.45, 2.75) is 33.2 Å². The lowest BCUT2D eigenvalue weighted by Crippen LogP contribution is -2.08. The van der Waals surface area contributed by atoms with Crippen LogP contribution in [0.3, 0.4) is 0 Å². The van der Waals surface area contributed by atoms with Crippen LogP contribution >= 0.6 is 0 Å². The van der Waals surface area contributed by atoms with Crippen molar-refractivity contribution in [1.29, 1.82) is 0 Å². The van der Waals surface area contributed by atoms with Crippen LogP contribution in [0.5, 0.6) is 0 Å². The summed E-state index contributed by atoms with van der Waals surface area (Å²) < 4.78 is 2.16. The first-order chi connectivity index (χ1) is 8.65. The fourth-order valence-electron chi connectivity index (χ4n) is 2.28. The van der Waals surface area contributed by atoms with Crippen molar-refractivity contribution < 1.29 is 0 Å². The van der Waals surface area contributed by atoms with Gasteiger partial charge in [-0.3, -0.25) is 0 Å². The minimum atomic E-state index is 0.348. The topological polar surface area (TPSA) is 56.7 Å². The van der Waals surface area contributed by atoms with Gasteiger partial charge in [-0.05, 0) is 39.3 Å². The highest BCUT2D eigenvalue weighted by Gasteiger charge is 2.15. The molecule has 1 aromatic carbocycles. The maximum atomic E-state index is 5.67. The fraction of sp³-hybridized carbons (Fsp3) is 0.429. The number of rotatable bonds is 4. The van der Waals surface area contributed by atoms with Crippen molar-refractivity contribution in [2.75, 3.05) is 6.54 Å². The molecule has 0 saturated heterocycles. The first kappa shape index (κ1) is 12.8. The number of aromatic nitrogens is 3. The third-order valence-corrected chi connectivity index (χ3v) is 3.05. The van der Waals surface area contributed by atoms with Crippen molar-refractivity contribution in [1.82, 2.24) is 14.8 Å². The summed E-state index contributed by atoms with van der Waals surface area (Å²) in [5, 5.41) is 8.52. The molecule has 2 N–H and O–H groups in total. The molecule has 2 aromatic rings. The molecule has 1 aromatic heterocycles. The average molecular weight is 244 g/mol. The number of benzene rings is 1. The highest BCUT2D eigenvalue weighted by Crippen LogP contribution is 2.25. The largest absolute Gasteiger partial charge is 0.330 e. The molecule has 0 bridgehead atoms. The minimum absolute atomic E-state index is 0.348. The average Bonchev–Trinajstić information content (AvgIpc) is 2.72. The van der Waals surface area contributed by atoms with E-state index in [0.717, 1.165) is 23.6 Å². The van der Waals surface area contributed by atoms with Gasteiger partial charge in [-0.25, -0.2) is 0 Å². The van der Waals surface area contributed by atoms with Crippen LogP contribution in [0.2, 0.25) is 0 Å². The van der Waals surface area contributed by atoms with Crippen LogP contribution in [0, 0.1) is 6.92 Å². The van der Waals surface area contributed by atoms with Crippen LogP contribution in [0.15, 0.2) is 24.3 Å². The van der Waals surface area contributed by atoms with E-state index in [1.165, 1.54) is 5.56 Å². The third kappa shape index (κ3) is 2.29. The molecule has 0 radical (unpaired) electrons. The van der Waals surface area contributed by atoms with E-state index in [-0.39, 0.29) is 0 Å². The minimum Gasteiger partial charge on any atom is -0.330 e. The van der Waals surface area contributed by atoms with Crippen molar-refractivity contribution in [3.63, 3.8) is 0 Å². The van der Waals surface area contributed by atoms with E-state index >= 15 is 0 Å². The molecular formula is C14H20N4. The van der Waals surface area contributed by atoms with Gasteiger partial charge in [0.25, 0.3) is 0 Å². The van der Waals surface area contributed by atoms with Crippen LogP contribution in [0.1, 0.15) is 31.3 Å². The zero-order chi connectivity index (χ0) is 13.1. The number of nitrogens with two attached hydrogens (primary N) is 1. The first-order valence-corrected chi connectivity index (χ1v) is 6.35. The van der Waals surface area contributed by atoms with Gasteiger partial charge in [0, 0.05) is 11.6 Å². The predicted molar refractivity (Wildman–Crippen MR) is 73.3 cm³/mol. The number of nitrogens with zero attached hydrogens (tertiary/aromatic N) is 3. The van der Waals surface area contributed by atoms with Crippen molar-refractivity contribution >= 4 is 0 Å². The molecule has 0 unspecified atom stereocenters. The Morgan fingerprint density at radius 3 is 2.61 bits per heavy atom. The molecule has 18 heavy (non-hydrogen) atoms. The summed E-state index contributed by atoms with van der Waals surface area (Å²) >= 11 is 0. The molecule has 96 valence electrons. The lowest BCUT2D eigenvalue weighted by molar-refractivity contribution is 0.587. The standard InChI is InChI=1S/C14H20N4/c1-10(2)18-11(3)16-17-14(18)13-7-5-4-6-12(13)8-9-15/h4-7,10H,8-9,15H2,1-3H3. The molecule has 4 nitrogen and oxygen atoms in total. The number of hydrogen-bond donors (Lipinski definition) is 1. The Balaban J connectivity index is 2.55. The Hall–Kier alpha value is -1.68. The zero-order valence-corrected chi connectivity index (χ0v) is 11.2. The van der Waals surface area contributed by atoms with Crippen LogP contribution in [-0.4, -0.2) is 21.3 Å². The highest BCUT2D eigenvalue weighted by molar-refractivity contribution is 5.60. The Bertz CT molecular complexity index is 528. The van der Waals surface area contributed by atoms with E-state index in [2.05, 4.69) is 40.7 Å². The molecule has 1 heterocycles. The summed E-state index contributed by atoms with van der Waals surface area (Å²) in [6, 6.07) is 8.62. The van der Waals surface area contributed by atoms with Gasteiger partial charge in [0.05, 0.1) is 0 Å². The maximum absolute atomic E-state index is 5.67. The van der Waals surface area contributed by atoms with Gasteiger partial charge in [0.1, 0.15) is 5.82 Å². The smallest absolute Gasteiger partial charge is 0.164 e. The van der Waals surface area contributed by atoms with E-state index in [1.807, 2.05) is 19.1 Å². The van der Waals surface area contributed by atoms with E-state index in [4.69, 9.17) is 5.73 Å². The molecule has 0 fully saturated rings. The summed E-state index contributed by atoms with van der Waals surface area (Å²) in [6.45, 7) is 6.92. The second kappa shape index (κ2) is 5.31. The monoisotopic (exact) mass is 244 g/mol. The molecule has 0 spiro atoms. The van der Waals surface area contributed by atoms with Gasteiger partial charge >= 0.3 is 0 Å². The summed E-state index contributed by atoms with van der Waals surface area (Å²) in [4.78, 5) is 0. The molecule has 0 amide bonds. The fourth-order valence-corrected chi connectivity index (χ4v) is 2.28. The van der Waals surface area contributed by atoms with Gasteiger partial charge < -0.3 is 10.3 Å². The zero-order valence-electron chi connectivity index (χ0n) is 11.2. The molecular weight excluding hydrogens is 224 g/mol. The summed E-state index contributed by atoms with van der Waals surface area (Å²) in [5.74, 6) is 1.88. The quantitative estimate of drug-likeness (QED) is 0.898. The van der Waals surface area contributed by atoms with Gasteiger partial charge in [-0.2, -0.15) is 0 Å². The lowest BCUT2D eigenvalue weighted by Gasteiger charge is -2.14. The van der Waals surface area contributed by atoms with E-state index in [1.54, 1.807) is 0 Å². The Kier molecular flexibility index (Phi) is 3.77. The van der Waals surface area contributed by atoms with Gasteiger partial charge in [0.15, 0.2) is 5.82 Å². The van der Waals surface area contributed by atoms with Crippen LogP contribution in [0.4, 0.5) is 0 Å². The van der Waals surface area contributed by atoms with Crippen molar-refractivity contribution in [2.24, 2.45) is 5.73 Å². The molecule has 0 atom stereocenters. The Labute approximate surface area is 108 Å². The lowest BCUT2D eigenvalue weighted by atomic mass is 10.0. The molecule has 4 heteroatoms. The predicted octanol–water partition coefficient (Wildman–Crippen LogP) is 2.34. The molecule has 0 saturated carbocycles. The van der Waals surface area contributed by atoms with E-state index in [0.29, 0.717) is 12.6 Å². The van der Waals surface area contributed by atoms with Crippen molar-refractivity contribution in [3.05, 3.63) is 35.7 Å². The Morgan fingerprint density at radius 1 is 1.22 bits per heavy atom. The Morgan fingerprint density at radius 2 is 1.94 bits per heavy atom. The molecule has 2 rings (SSSR count). The normalized spacial score (nSPS) is 11.2. The van der Waals surface area contributed by atoms with Crippen LogP contribution in [0.25, 0.3) is 11.4 Å². The van der Waals surface area contributed by atoms with Crippen LogP contribution in [-0.2, 0) is 6.42 Å². The number of hydrogen-bond acceptors (Lipinski definition) is 3. The van der Waals surface area contributed by atoms with Gasteiger partial charge in [0.2, 0.25) is 0 Å². The van der Waals surface area contributed by atoms with E-state index < -0.39 is 0 Å². The van der Waals surface area contributed by atoms with Gasteiger partial charge in [-0.1, -0.05) is 24.3 Å². The summed E-state index contributed by atoms with van der Waals surface area (Å²) in [7, 11) is 0. The summed E-state index contributed by atoms with van der Waals surface area (Å²) in [6.07, 6.45) is 0.861. The maximum Gasteiger partial charge on any atom is 0.164 e. The van der Waals surface area contributed by atoms with Crippen molar-refractivity contribution in [3.8, 4) is 11.4 Å². The van der Waals surface area contributed by atoms with E-state index in [9.17, 15) is 0 Å². The second-order valence-corrected chi connectivity index (χ2v) is 4.73. The molecule has 0 aliphatic rings. The molecule has 0 aliphatic heterocycles. The summed E-state index contributed by atoms with van der Waals surface area (Å²) in [5.41, 5.74) is 8.03. The van der Waals surface area contributed by atoms with Gasteiger partial charge in [-0.15, -0.1) is 10.2 Å². The number of aryl methyl sites for hydroxylation is 1. The molecule has 0 aliphatic carbocycles. The SMILES string of the molecule is Cc1nnc(-c2ccccc2CCN)n1C(C)C. The first-order valence-electron chi connectivity index (χ1n) is 6.35. The third-order valence-electron chi connectivity index (χ3n) is 3.05.